The number of nitro benzene ring substituents is 1. The molecule has 3 aromatic rings. The van der Waals surface area contributed by atoms with E-state index in [1.54, 1.807) is 48.5 Å². The summed E-state index contributed by atoms with van der Waals surface area (Å²) in [5.74, 6) is -0.958. The minimum absolute atomic E-state index is 0.155. The van der Waals surface area contributed by atoms with Crippen LogP contribution in [-0.4, -0.2) is 41.3 Å². The van der Waals surface area contributed by atoms with E-state index in [0.717, 1.165) is 4.90 Å². The molecule has 0 saturated carbocycles. The molecule has 9 heteroatoms. The molecule has 3 amide bonds. The maximum Gasteiger partial charge on any atom is 0.269 e. The normalized spacial score (nSPS) is 12.5. The molecule has 1 heterocycles. The Hall–Kier alpha value is -4.53. The molecule has 0 saturated heterocycles. The fraction of sp³-hybridized carbons (Fsp3) is 0.0870. The van der Waals surface area contributed by atoms with E-state index in [9.17, 15) is 24.5 Å². The lowest BCUT2D eigenvalue weighted by Crippen LogP contribution is -2.44. The number of carbonyl (C=O) groups excluding carboxylic acids is 3. The van der Waals surface area contributed by atoms with Gasteiger partial charge in [0, 0.05) is 23.4 Å². The van der Waals surface area contributed by atoms with Gasteiger partial charge in [0.15, 0.2) is 0 Å². The second-order valence-electron chi connectivity index (χ2n) is 6.96. The third kappa shape index (κ3) is 3.67. The van der Waals surface area contributed by atoms with Gasteiger partial charge in [0.05, 0.1) is 23.2 Å². The van der Waals surface area contributed by atoms with Crippen LogP contribution in [0.4, 0.5) is 11.4 Å². The molecular formula is C23H17N3O6. The van der Waals surface area contributed by atoms with Crippen LogP contribution in [0.15, 0.2) is 72.8 Å². The highest BCUT2D eigenvalue weighted by molar-refractivity contribution is 6.22. The zero-order valence-electron chi connectivity index (χ0n) is 16.9. The number of carbonyl (C=O) groups is 3. The molecule has 0 N–H and O–H groups in total. The third-order valence-corrected chi connectivity index (χ3v) is 5.12. The predicted molar refractivity (Wildman–Crippen MR) is 115 cm³/mol. The molecule has 0 bridgehead atoms. The third-order valence-electron chi connectivity index (χ3n) is 5.12. The van der Waals surface area contributed by atoms with Crippen LogP contribution in [0.5, 0.6) is 5.75 Å². The number of hydrogen-bond donors (Lipinski definition) is 0. The maximum absolute atomic E-state index is 13.3. The summed E-state index contributed by atoms with van der Waals surface area (Å²) >= 11 is 0. The summed E-state index contributed by atoms with van der Waals surface area (Å²) in [5, 5.41) is 10.9. The summed E-state index contributed by atoms with van der Waals surface area (Å²) in [6.07, 6.45) is 0. The Labute approximate surface area is 182 Å². The van der Waals surface area contributed by atoms with Crippen molar-refractivity contribution in [3.63, 3.8) is 0 Å². The Balaban J connectivity index is 1.69. The molecule has 1 aliphatic heterocycles. The number of hydrogen-bond acceptors (Lipinski definition) is 6. The quantitative estimate of drug-likeness (QED) is 0.336. The Kier molecular flexibility index (Phi) is 5.38. The Morgan fingerprint density at radius 2 is 1.50 bits per heavy atom. The van der Waals surface area contributed by atoms with E-state index in [2.05, 4.69) is 0 Å². The van der Waals surface area contributed by atoms with Crippen molar-refractivity contribution in [2.75, 3.05) is 18.7 Å². The Morgan fingerprint density at radius 3 is 2.00 bits per heavy atom. The largest absolute Gasteiger partial charge is 0.497 e. The number of methoxy groups -OCH3 is 1. The van der Waals surface area contributed by atoms with Gasteiger partial charge >= 0.3 is 0 Å². The summed E-state index contributed by atoms with van der Waals surface area (Å²) < 4.78 is 5.15. The molecule has 4 rings (SSSR count). The molecule has 3 aromatic carbocycles. The van der Waals surface area contributed by atoms with E-state index in [1.165, 1.54) is 36.3 Å². The number of non-ortho nitro benzene ring substituents is 1. The van der Waals surface area contributed by atoms with E-state index in [0.29, 0.717) is 11.4 Å². The van der Waals surface area contributed by atoms with Crippen LogP contribution in [0.25, 0.3) is 0 Å². The minimum atomic E-state index is -0.561. The molecule has 0 fully saturated rings. The molecule has 0 aliphatic carbocycles. The van der Waals surface area contributed by atoms with E-state index in [1.807, 2.05) is 0 Å². The van der Waals surface area contributed by atoms with Gasteiger partial charge in [-0.15, -0.1) is 0 Å². The van der Waals surface area contributed by atoms with Gasteiger partial charge in [-0.05, 0) is 48.5 Å². The monoisotopic (exact) mass is 431 g/mol. The van der Waals surface area contributed by atoms with Gasteiger partial charge < -0.3 is 4.74 Å². The molecule has 0 aromatic heterocycles. The number of anilines is 1. The van der Waals surface area contributed by atoms with Gasteiger partial charge in [0.1, 0.15) is 12.4 Å². The van der Waals surface area contributed by atoms with Gasteiger partial charge in [-0.25, -0.2) is 0 Å². The van der Waals surface area contributed by atoms with E-state index in [-0.39, 0.29) is 29.0 Å². The van der Waals surface area contributed by atoms with E-state index in [4.69, 9.17) is 4.74 Å². The molecule has 0 unspecified atom stereocenters. The van der Waals surface area contributed by atoms with Crippen LogP contribution < -0.4 is 9.64 Å². The molecular weight excluding hydrogens is 414 g/mol. The van der Waals surface area contributed by atoms with Crippen LogP contribution in [0.1, 0.15) is 31.1 Å². The summed E-state index contributed by atoms with van der Waals surface area (Å²) in [4.78, 5) is 51.6. The average Bonchev–Trinajstić information content (AvgIpc) is 3.07. The number of amides is 3. The minimum Gasteiger partial charge on any atom is -0.497 e. The number of benzene rings is 3. The molecule has 9 nitrogen and oxygen atoms in total. The smallest absolute Gasteiger partial charge is 0.269 e. The lowest BCUT2D eigenvalue weighted by Gasteiger charge is -2.27. The fourth-order valence-corrected chi connectivity index (χ4v) is 3.42. The van der Waals surface area contributed by atoms with E-state index >= 15 is 0 Å². The lowest BCUT2D eigenvalue weighted by molar-refractivity contribution is -0.384. The second kappa shape index (κ2) is 8.31. The zero-order chi connectivity index (χ0) is 22.8. The van der Waals surface area contributed by atoms with Crippen LogP contribution in [0.3, 0.4) is 0 Å². The van der Waals surface area contributed by atoms with Crippen molar-refractivity contribution in [1.82, 2.24) is 4.90 Å². The van der Waals surface area contributed by atoms with Gasteiger partial charge in [-0.3, -0.25) is 34.3 Å². The lowest BCUT2D eigenvalue weighted by atomic mass is 10.1. The fourth-order valence-electron chi connectivity index (χ4n) is 3.42. The van der Waals surface area contributed by atoms with Crippen molar-refractivity contribution in [3.05, 3.63) is 99.6 Å². The standard InChI is InChI=1S/C23H17N3O6/c1-32-18-12-10-16(11-13-18)24(21(27)15-6-8-17(9-7-15)26(30)31)14-25-22(28)19-4-2-3-5-20(19)23(25)29/h2-13H,14H2,1H3. The number of nitro groups is 1. The van der Waals surface area contributed by atoms with Crippen molar-refractivity contribution < 1.29 is 24.0 Å². The molecule has 160 valence electrons. The van der Waals surface area contributed by atoms with Gasteiger partial charge in [0.2, 0.25) is 0 Å². The zero-order valence-corrected chi connectivity index (χ0v) is 16.9. The van der Waals surface area contributed by atoms with Crippen molar-refractivity contribution in [2.24, 2.45) is 0 Å². The average molecular weight is 431 g/mol. The van der Waals surface area contributed by atoms with E-state index < -0.39 is 22.6 Å². The first-order valence-electron chi connectivity index (χ1n) is 9.56. The van der Waals surface area contributed by atoms with Crippen LogP contribution in [0.2, 0.25) is 0 Å². The highest BCUT2D eigenvalue weighted by atomic mass is 16.6. The van der Waals surface area contributed by atoms with Gasteiger partial charge in [-0.1, -0.05) is 12.1 Å². The van der Waals surface area contributed by atoms with Crippen LogP contribution in [-0.2, 0) is 0 Å². The highest BCUT2D eigenvalue weighted by Gasteiger charge is 2.37. The number of imide groups is 1. The maximum atomic E-state index is 13.3. The number of fused-ring (bicyclic) bond motifs is 1. The topological polar surface area (TPSA) is 110 Å². The number of ether oxygens (including phenoxy) is 1. The summed E-state index contributed by atoms with van der Waals surface area (Å²) in [6.45, 7) is -0.325. The van der Waals surface area contributed by atoms with Gasteiger partial charge in [-0.2, -0.15) is 0 Å². The molecule has 0 radical (unpaired) electrons. The summed E-state index contributed by atoms with van der Waals surface area (Å²) in [7, 11) is 1.51. The number of rotatable bonds is 6. The predicted octanol–water partition coefficient (Wildman–Crippen LogP) is 3.50. The number of nitrogens with zero attached hydrogens (tertiary/aromatic N) is 3. The van der Waals surface area contributed by atoms with Crippen molar-refractivity contribution in [2.45, 2.75) is 0 Å². The van der Waals surface area contributed by atoms with Crippen LogP contribution in [0, 0.1) is 10.1 Å². The Morgan fingerprint density at radius 1 is 0.938 bits per heavy atom. The molecule has 32 heavy (non-hydrogen) atoms. The first-order valence-corrected chi connectivity index (χ1v) is 9.56. The summed E-state index contributed by atoms with van der Waals surface area (Å²) in [6, 6.07) is 18.1. The molecule has 0 spiro atoms. The molecule has 0 atom stereocenters. The molecule has 1 aliphatic rings. The SMILES string of the molecule is COc1ccc(N(CN2C(=O)c3ccccc3C2=O)C(=O)c2ccc([N+](=O)[O-])cc2)cc1. The first-order chi connectivity index (χ1) is 15.4. The Bertz CT molecular complexity index is 1190. The van der Waals surface area contributed by atoms with Crippen LogP contribution >= 0.6 is 0 Å². The second-order valence-corrected chi connectivity index (χ2v) is 6.96. The first kappa shape index (κ1) is 20.7. The van der Waals surface area contributed by atoms with Crippen molar-refractivity contribution in [1.29, 1.82) is 0 Å². The summed E-state index contributed by atoms with van der Waals surface area (Å²) in [5.41, 5.74) is 0.983. The van der Waals surface area contributed by atoms with Crippen molar-refractivity contribution in [3.8, 4) is 5.75 Å². The van der Waals surface area contributed by atoms with Gasteiger partial charge in [0.25, 0.3) is 23.4 Å². The van der Waals surface area contributed by atoms with Crippen molar-refractivity contribution >= 4 is 29.1 Å². The highest BCUT2D eigenvalue weighted by Crippen LogP contribution is 2.27.